The van der Waals surface area contributed by atoms with Crippen molar-refractivity contribution in [2.45, 2.75) is 25.5 Å². The van der Waals surface area contributed by atoms with Crippen LogP contribution in [0.15, 0.2) is 47.5 Å². The first-order valence-corrected chi connectivity index (χ1v) is 8.46. The van der Waals surface area contributed by atoms with Gasteiger partial charge in [-0.3, -0.25) is 0 Å². The minimum Gasteiger partial charge on any atom is -0.506 e. The second kappa shape index (κ2) is 9.79. The molecule has 0 spiro atoms. The standard InChI is InChI=1S/C20H26N2O4/c1-14(10-15-4-7-17(26-3)8-5-15)21-12-20(24)16-6-9-19(23)18(11-16)22-13-25-2/h4-9,11,13-14,20-21,23-24H,10,12H2,1-3H3/b22-13-. The van der Waals surface area contributed by atoms with E-state index >= 15 is 0 Å². The number of nitrogens with one attached hydrogen (secondary N) is 1. The van der Waals surface area contributed by atoms with E-state index < -0.39 is 6.10 Å². The molecule has 0 bridgehead atoms. The first-order chi connectivity index (χ1) is 12.5. The summed E-state index contributed by atoms with van der Waals surface area (Å²) in [7, 11) is 3.13. The van der Waals surface area contributed by atoms with E-state index in [0.717, 1.165) is 12.2 Å². The molecule has 0 heterocycles. The highest BCUT2D eigenvalue weighted by Gasteiger charge is 2.12. The molecule has 0 aliphatic heterocycles. The molecule has 0 aliphatic rings. The number of aliphatic imine (C=N–C) groups is 1. The molecular weight excluding hydrogens is 332 g/mol. The Kier molecular flexibility index (Phi) is 7.44. The fraction of sp³-hybridized carbons (Fsp3) is 0.350. The molecule has 0 saturated carbocycles. The highest BCUT2D eigenvalue weighted by Crippen LogP contribution is 2.29. The lowest BCUT2D eigenvalue weighted by Crippen LogP contribution is -2.32. The topological polar surface area (TPSA) is 83.3 Å². The Hall–Kier alpha value is -2.57. The van der Waals surface area contributed by atoms with Gasteiger partial charge < -0.3 is 25.0 Å². The molecule has 0 aromatic heterocycles. The summed E-state index contributed by atoms with van der Waals surface area (Å²) in [6, 6.07) is 13.0. The average Bonchev–Trinajstić information content (AvgIpc) is 2.66. The number of rotatable bonds is 9. The van der Waals surface area contributed by atoms with E-state index in [9.17, 15) is 10.2 Å². The van der Waals surface area contributed by atoms with Crippen LogP contribution in [0.1, 0.15) is 24.2 Å². The highest BCUT2D eigenvalue weighted by atomic mass is 16.5. The van der Waals surface area contributed by atoms with Crippen molar-refractivity contribution < 1.29 is 19.7 Å². The number of aliphatic hydroxyl groups excluding tert-OH is 1. The van der Waals surface area contributed by atoms with Gasteiger partial charge in [0.05, 0.1) is 20.3 Å². The van der Waals surface area contributed by atoms with Crippen LogP contribution in [0.3, 0.4) is 0 Å². The van der Waals surface area contributed by atoms with Crippen LogP contribution in [0.25, 0.3) is 0 Å². The molecule has 2 aromatic rings. The fourth-order valence-electron chi connectivity index (χ4n) is 2.58. The Morgan fingerprint density at radius 3 is 2.54 bits per heavy atom. The predicted octanol–water partition coefficient (Wildman–Crippen LogP) is 2.96. The van der Waals surface area contributed by atoms with Gasteiger partial charge in [0.2, 0.25) is 0 Å². The van der Waals surface area contributed by atoms with Gasteiger partial charge in [0.1, 0.15) is 17.2 Å². The van der Waals surface area contributed by atoms with E-state index in [2.05, 4.69) is 17.2 Å². The minimum atomic E-state index is -0.703. The molecule has 0 amide bonds. The molecule has 0 aliphatic carbocycles. The van der Waals surface area contributed by atoms with Crippen molar-refractivity contribution in [1.82, 2.24) is 5.32 Å². The molecule has 2 unspecified atom stereocenters. The van der Waals surface area contributed by atoms with Gasteiger partial charge in [-0.2, -0.15) is 0 Å². The quantitative estimate of drug-likeness (QED) is 0.474. The smallest absolute Gasteiger partial charge is 0.174 e. The normalized spacial score (nSPS) is 13.5. The van der Waals surface area contributed by atoms with Crippen molar-refractivity contribution in [2.24, 2.45) is 4.99 Å². The lowest BCUT2D eigenvalue weighted by atomic mass is 10.1. The van der Waals surface area contributed by atoms with E-state index in [1.54, 1.807) is 19.2 Å². The summed E-state index contributed by atoms with van der Waals surface area (Å²) in [5, 5.41) is 23.5. The van der Waals surface area contributed by atoms with Crippen LogP contribution in [0, 0.1) is 0 Å². The number of phenolic OH excluding ortho intramolecular Hbond substituents is 1. The molecule has 3 N–H and O–H groups in total. The molecule has 0 saturated heterocycles. The molecule has 0 fully saturated rings. The average molecular weight is 358 g/mol. The van der Waals surface area contributed by atoms with Gasteiger partial charge in [-0.1, -0.05) is 18.2 Å². The van der Waals surface area contributed by atoms with Crippen molar-refractivity contribution >= 4 is 12.1 Å². The van der Waals surface area contributed by atoms with Gasteiger partial charge in [-0.05, 0) is 48.7 Å². The SMILES string of the molecule is CO/C=N\c1cc(C(O)CNC(C)Cc2ccc(OC)cc2)ccc1O. The number of hydrogen-bond donors (Lipinski definition) is 3. The molecular formula is C20H26N2O4. The zero-order valence-electron chi connectivity index (χ0n) is 15.3. The zero-order valence-corrected chi connectivity index (χ0v) is 15.3. The summed E-state index contributed by atoms with van der Waals surface area (Å²) in [5.41, 5.74) is 2.23. The minimum absolute atomic E-state index is 0.0371. The van der Waals surface area contributed by atoms with Crippen molar-refractivity contribution in [3.05, 3.63) is 53.6 Å². The Morgan fingerprint density at radius 1 is 1.15 bits per heavy atom. The number of aliphatic hydroxyl groups is 1. The molecule has 2 aromatic carbocycles. The van der Waals surface area contributed by atoms with E-state index in [4.69, 9.17) is 9.47 Å². The lowest BCUT2D eigenvalue weighted by molar-refractivity contribution is 0.170. The van der Waals surface area contributed by atoms with Gasteiger partial charge >= 0.3 is 0 Å². The third kappa shape index (κ3) is 5.75. The summed E-state index contributed by atoms with van der Waals surface area (Å²) in [6.45, 7) is 2.47. The van der Waals surface area contributed by atoms with Gasteiger partial charge in [-0.15, -0.1) is 0 Å². The first kappa shape index (κ1) is 19.8. The highest BCUT2D eigenvalue weighted by molar-refractivity contribution is 5.61. The Balaban J connectivity index is 1.90. The summed E-state index contributed by atoms with van der Waals surface area (Å²) in [4.78, 5) is 3.99. The number of aromatic hydroxyl groups is 1. The molecule has 2 atom stereocenters. The Labute approximate surface area is 154 Å². The Bertz CT molecular complexity index is 716. The largest absolute Gasteiger partial charge is 0.506 e. The van der Waals surface area contributed by atoms with E-state index in [0.29, 0.717) is 17.8 Å². The zero-order chi connectivity index (χ0) is 18.9. The number of nitrogens with zero attached hydrogens (tertiary/aromatic N) is 1. The van der Waals surface area contributed by atoms with Crippen LogP contribution >= 0.6 is 0 Å². The van der Waals surface area contributed by atoms with Crippen molar-refractivity contribution in [3.8, 4) is 11.5 Å². The van der Waals surface area contributed by atoms with Crippen molar-refractivity contribution in [2.75, 3.05) is 20.8 Å². The maximum Gasteiger partial charge on any atom is 0.174 e. The van der Waals surface area contributed by atoms with Gasteiger partial charge in [0.25, 0.3) is 0 Å². The molecule has 2 rings (SSSR count). The van der Waals surface area contributed by atoms with Crippen molar-refractivity contribution in [1.29, 1.82) is 0 Å². The maximum absolute atomic E-state index is 10.4. The van der Waals surface area contributed by atoms with Crippen LogP contribution in [0.5, 0.6) is 11.5 Å². The van der Waals surface area contributed by atoms with Crippen LogP contribution in [0.4, 0.5) is 5.69 Å². The van der Waals surface area contributed by atoms with Crippen molar-refractivity contribution in [3.63, 3.8) is 0 Å². The van der Waals surface area contributed by atoms with E-state index in [1.165, 1.54) is 25.1 Å². The third-order valence-corrected chi connectivity index (χ3v) is 4.04. The van der Waals surface area contributed by atoms with Gasteiger partial charge in [0.15, 0.2) is 6.40 Å². The summed E-state index contributed by atoms with van der Waals surface area (Å²) in [6.07, 6.45) is 1.38. The van der Waals surface area contributed by atoms with Gasteiger partial charge in [0, 0.05) is 12.6 Å². The number of ether oxygens (including phenoxy) is 2. The molecule has 0 radical (unpaired) electrons. The summed E-state index contributed by atoms with van der Waals surface area (Å²) in [5.74, 6) is 0.874. The monoisotopic (exact) mass is 358 g/mol. The summed E-state index contributed by atoms with van der Waals surface area (Å²) >= 11 is 0. The number of benzene rings is 2. The van der Waals surface area contributed by atoms with E-state index in [-0.39, 0.29) is 11.8 Å². The number of phenols is 1. The third-order valence-electron chi connectivity index (χ3n) is 4.04. The molecule has 26 heavy (non-hydrogen) atoms. The Morgan fingerprint density at radius 2 is 1.88 bits per heavy atom. The second-order valence-corrected chi connectivity index (χ2v) is 6.10. The van der Waals surface area contributed by atoms with E-state index in [1.807, 2.05) is 24.3 Å². The van der Waals surface area contributed by atoms with Crippen LogP contribution < -0.4 is 10.1 Å². The molecule has 6 heteroatoms. The fourth-order valence-corrected chi connectivity index (χ4v) is 2.58. The van der Waals surface area contributed by atoms with Crippen LogP contribution in [-0.2, 0) is 11.2 Å². The first-order valence-electron chi connectivity index (χ1n) is 8.46. The lowest BCUT2D eigenvalue weighted by Gasteiger charge is -2.18. The van der Waals surface area contributed by atoms with Gasteiger partial charge in [-0.25, -0.2) is 4.99 Å². The van der Waals surface area contributed by atoms with Crippen LogP contribution in [-0.4, -0.2) is 43.4 Å². The molecule has 6 nitrogen and oxygen atoms in total. The van der Waals surface area contributed by atoms with Crippen LogP contribution in [0.2, 0.25) is 0 Å². The second-order valence-electron chi connectivity index (χ2n) is 6.10. The number of hydrogen-bond acceptors (Lipinski definition) is 6. The molecule has 140 valence electrons. The number of methoxy groups -OCH3 is 2. The predicted molar refractivity (Wildman–Crippen MR) is 102 cm³/mol. The summed E-state index contributed by atoms with van der Waals surface area (Å²) < 4.78 is 9.93. The maximum atomic E-state index is 10.4.